The van der Waals surface area contributed by atoms with Crippen LogP contribution in [-0.2, 0) is 17.4 Å². The second-order valence-corrected chi connectivity index (χ2v) is 11.7. The van der Waals surface area contributed by atoms with Gasteiger partial charge in [0, 0.05) is 16.5 Å². The van der Waals surface area contributed by atoms with E-state index in [1.807, 2.05) is 23.7 Å². The number of piperidine rings is 1. The number of amides is 1. The summed E-state index contributed by atoms with van der Waals surface area (Å²) in [5, 5.41) is 11.0. The predicted octanol–water partition coefficient (Wildman–Crippen LogP) is 7.01. The number of pyridine rings is 1. The largest absolute Gasteiger partial charge is 0.497 e. The molecule has 2 heterocycles. The van der Waals surface area contributed by atoms with E-state index in [1.165, 1.54) is 23.9 Å². The summed E-state index contributed by atoms with van der Waals surface area (Å²) in [4.78, 5) is 20.1. The number of halogens is 4. The molecule has 4 rings (SSSR count). The van der Waals surface area contributed by atoms with E-state index < -0.39 is 17.2 Å². The molecule has 2 N–H and O–H groups in total. The number of likely N-dealkylation sites (tertiary alicyclic amines) is 1. The second-order valence-electron chi connectivity index (χ2n) is 10.1. The lowest BCUT2D eigenvalue weighted by atomic mass is 9.73. The van der Waals surface area contributed by atoms with Crippen molar-refractivity contribution < 1.29 is 27.9 Å². The Bertz CT molecular complexity index is 1320. The lowest BCUT2D eigenvalue weighted by molar-refractivity contribution is -0.143. The summed E-state index contributed by atoms with van der Waals surface area (Å²) >= 11 is 7.92. The third-order valence-corrected chi connectivity index (χ3v) is 9.07. The van der Waals surface area contributed by atoms with Gasteiger partial charge in [-0.25, -0.2) is 5.48 Å². The zero-order valence-electron chi connectivity index (χ0n) is 22.3. The third kappa shape index (κ3) is 7.40. The molecule has 6 nitrogen and oxygen atoms in total. The molecule has 1 aromatic heterocycles. The Morgan fingerprint density at radius 3 is 2.67 bits per heavy atom. The number of aromatic nitrogens is 1. The lowest BCUT2D eigenvalue weighted by Crippen LogP contribution is -2.48. The van der Waals surface area contributed by atoms with Gasteiger partial charge < -0.3 is 9.64 Å². The molecule has 1 aliphatic heterocycles. The van der Waals surface area contributed by atoms with Crippen molar-refractivity contribution in [1.29, 1.82) is 0 Å². The van der Waals surface area contributed by atoms with Gasteiger partial charge in [0.25, 0.3) is 0 Å². The first-order valence-electron chi connectivity index (χ1n) is 13.2. The smallest absolute Gasteiger partial charge is 0.416 e. The van der Waals surface area contributed by atoms with Crippen molar-refractivity contribution in [1.82, 2.24) is 15.4 Å². The topological polar surface area (TPSA) is 74.7 Å². The van der Waals surface area contributed by atoms with Crippen molar-refractivity contribution in [2.45, 2.75) is 49.6 Å². The van der Waals surface area contributed by atoms with Crippen LogP contribution in [0, 0.1) is 5.41 Å². The number of fused-ring (bicyclic) bond motifs is 1. The number of carbonyl (C=O) groups excluding carboxylic acids is 1. The molecule has 40 heavy (non-hydrogen) atoms. The van der Waals surface area contributed by atoms with Crippen LogP contribution >= 0.6 is 23.4 Å². The number of carbonyl (C=O) groups is 1. The van der Waals surface area contributed by atoms with Gasteiger partial charge in [-0.3, -0.25) is 15.0 Å². The number of methoxy groups -OCH3 is 1. The number of hydroxylamine groups is 1. The molecule has 0 aliphatic carbocycles. The van der Waals surface area contributed by atoms with Crippen LogP contribution in [0.2, 0.25) is 5.02 Å². The van der Waals surface area contributed by atoms with Crippen molar-refractivity contribution in [2.75, 3.05) is 32.5 Å². The molecule has 11 heteroatoms. The predicted molar refractivity (Wildman–Crippen MR) is 151 cm³/mol. The van der Waals surface area contributed by atoms with Gasteiger partial charge in [-0.15, -0.1) is 11.8 Å². The van der Waals surface area contributed by atoms with Gasteiger partial charge in [-0.05, 0) is 106 Å². The van der Waals surface area contributed by atoms with E-state index in [1.54, 1.807) is 19.4 Å². The van der Waals surface area contributed by atoms with E-state index in [2.05, 4.69) is 9.88 Å². The van der Waals surface area contributed by atoms with Gasteiger partial charge in [-0.2, -0.15) is 13.2 Å². The minimum absolute atomic E-state index is 0.361. The van der Waals surface area contributed by atoms with Gasteiger partial charge in [0.2, 0.25) is 5.91 Å². The fraction of sp³-hybridized carbons (Fsp3) is 0.448. The first-order valence-corrected chi connectivity index (χ1v) is 14.6. The first-order chi connectivity index (χ1) is 19.1. The van der Waals surface area contributed by atoms with Crippen molar-refractivity contribution in [3.05, 3.63) is 64.8 Å². The lowest BCUT2D eigenvalue weighted by Gasteiger charge is -2.40. The van der Waals surface area contributed by atoms with E-state index in [4.69, 9.17) is 16.3 Å². The average molecular weight is 596 g/mol. The maximum atomic E-state index is 12.9. The summed E-state index contributed by atoms with van der Waals surface area (Å²) in [6, 6.07) is 11.1. The molecule has 0 atom stereocenters. The Labute approximate surface area is 241 Å². The number of hydrogen-bond acceptors (Lipinski definition) is 6. The molecule has 1 saturated heterocycles. The van der Waals surface area contributed by atoms with Crippen LogP contribution in [0.15, 0.2) is 53.6 Å². The average Bonchev–Trinajstić information content (AvgIpc) is 2.96. The molecule has 0 radical (unpaired) electrons. The molecule has 1 amide bonds. The Hall–Kier alpha value is -2.53. The molecule has 0 unspecified atom stereocenters. The summed E-state index contributed by atoms with van der Waals surface area (Å²) < 4.78 is 44.2. The number of aryl methyl sites for hydroxylation is 1. The molecule has 216 valence electrons. The molecule has 1 aliphatic rings. The Morgan fingerprint density at radius 2 is 1.98 bits per heavy atom. The van der Waals surface area contributed by atoms with Crippen LogP contribution in [-0.4, -0.2) is 53.5 Å². The number of nitrogens with one attached hydrogen (secondary N) is 1. The first kappa shape index (κ1) is 30.4. The van der Waals surface area contributed by atoms with Crippen molar-refractivity contribution >= 4 is 40.2 Å². The molecule has 3 aromatic rings. The number of thioether (sulfide) groups is 1. The van der Waals surface area contributed by atoms with E-state index in [-0.39, 0.29) is 5.91 Å². The summed E-state index contributed by atoms with van der Waals surface area (Å²) in [7, 11) is 1.61. The molecular weight excluding hydrogens is 563 g/mol. The number of alkyl halides is 3. The van der Waals surface area contributed by atoms with Gasteiger partial charge >= 0.3 is 6.18 Å². The van der Waals surface area contributed by atoms with Gasteiger partial charge in [0.15, 0.2) is 0 Å². The number of nitrogens with zero attached hydrogens (tertiary/aromatic N) is 2. The summed E-state index contributed by atoms with van der Waals surface area (Å²) in [6.45, 7) is 2.21. The molecule has 0 saturated carbocycles. The maximum absolute atomic E-state index is 12.9. The zero-order chi connectivity index (χ0) is 28.8. The molecule has 2 aromatic carbocycles. The van der Waals surface area contributed by atoms with E-state index in [0.29, 0.717) is 60.9 Å². The van der Waals surface area contributed by atoms with Gasteiger partial charge in [0.1, 0.15) is 5.75 Å². The van der Waals surface area contributed by atoms with Gasteiger partial charge in [-0.1, -0.05) is 17.7 Å². The molecule has 0 spiro atoms. The van der Waals surface area contributed by atoms with Crippen molar-refractivity contribution in [3.8, 4) is 5.75 Å². The van der Waals surface area contributed by atoms with E-state index in [9.17, 15) is 23.2 Å². The summed E-state index contributed by atoms with van der Waals surface area (Å²) in [6.07, 6.45) is 1.30. The molecular formula is C29H33ClF3N3O3S. The highest BCUT2D eigenvalue weighted by atomic mass is 35.5. The normalized spacial score (nSPS) is 15.8. The van der Waals surface area contributed by atoms with Crippen LogP contribution < -0.4 is 10.2 Å². The summed E-state index contributed by atoms with van der Waals surface area (Å²) in [5.41, 5.74) is 2.36. The highest BCUT2D eigenvalue weighted by Crippen LogP contribution is 2.38. The van der Waals surface area contributed by atoms with Crippen LogP contribution in [0.25, 0.3) is 10.9 Å². The SMILES string of the molecule is COc1ccc2ncc(Cl)c(CCCC3(C(=O)NO)CCN(CCCSc4cccc(C(F)(F)F)c4)CC3)c2c1. The quantitative estimate of drug-likeness (QED) is 0.108. The van der Waals surface area contributed by atoms with Crippen LogP contribution in [0.4, 0.5) is 13.2 Å². The Morgan fingerprint density at radius 1 is 1.20 bits per heavy atom. The van der Waals surface area contributed by atoms with Crippen molar-refractivity contribution in [3.63, 3.8) is 0 Å². The van der Waals surface area contributed by atoms with Crippen LogP contribution in [0.5, 0.6) is 5.75 Å². The minimum atomic E-state index is -4.34. The van der Waals surface area contributed by atoms with Gasteiger partial charge in [0.05, 0.1) is 28.6 Å². The standard InChI is InChI=1S/C29H33ClF3N3O3S/c1-39-21-8-9-26-24(18-21)23(25(30)19-34-26)7-3-10-28(27(37)35-38)11-14-36(15-12-28)13-4-16-40-22-6-2-5-20(17-22)29(31,32)33/h2,5-6,8-9,17-19,38H,3-4,7,10-16H2,1H3,(H,35,37). The van der Waals surface area contributed by atoms with E-state index >= 15 is 0 Å². The maximum Gasteiger partial charge on any atom is 0.416 e. The molecule has 1 fully saturated rings. The second kappa shape index (κ2) is 13.4. The molecule has 0 bridgehead atoms. The van der Waals surface area contributed by atoms with Crippen LogP contribution in [0.1, 0.15) is 43.2 Å². The number of ether oxygens (including phenoxy) is 1. The number of hydrogen-bond donors (Lipinski definition) is 2. The van der Waals surface area contributed by atoms with Crippen LogP contribution in [0.3, 0.4) is 0 Å². The highest BCUT2D eigenvalue weighted by Gasteiger charge is 2.40. The zero-order valence-corrected chi connectivity index (χ0v) is 23.8. The fourth-order valence-corrected chi connectivity index (χ4v) is 6.48. The van der Waals surface area contributed by atoms with E-state index in [0.717, 1.165) is 41.2 Å². The summed E-state index contributed by atoms with van der Waals surface area (Å²) in [5.74, 6) is 1.06. The van der Waals surface area contributed by atoms with Crippen molar-refractivity contribution in [2.24, 2.45) is 5.41 Å². The minimum Gasteiger partial charge on any atom is -0.497 e. The third-order valence-electron chi connectivity index (χ3n) is 7.66. The number of rotatable bonds is 11. The Kier molecular flexibility index (Phi) is 10.2. The Balaban J connectivity index is 1.30. The monoisotopic (exact) mass is 595 g/mol. The highest BCUT2D eigenvalue weighted by molar-refractivity contribution is 7.99. The fourth-order valence-electron chi connectivity index (χ4n) is 5.34. The number of benzene rings is 2.